The molecule has 0 fully saturated rings. The number of anilines is 4. The van der Waals surface area contributed by atoms with Crippen LogP contribution >= 0.6 is 0 Å². The van der Waals surface area contributed by atoms with Gasteiger partial charge in [-0.25, -0.2) is 4.98 Å². The van der Waals surface area contributed by atoms with E-state index < -0.39 is 67.3 Å². The van der Waals surface area contributed by atoms with Crippen LogP contribution in [0, 0.1) is 25.7 Å². The van der Waals surface area contributed by atoms with Crippen LogP contribution in [0.2, 0.25) is 0 Å². The molecule has 0 amide bonds. The van der Waals surface area contributed by atoms with E-state index in [1.807, 2.05) is 87.8 Å². The molecule has 0 unspecified atom stereocenters. The van der Waals surface area contributed by atoms with E-state index in [2.05, 4.69) is 59.6 Å². The summed E-state index contributed by atoms with van der Waals surface area (Å²) in [5.74, 6) is 0.614. The number of ether oxygens (including phenoxy) is 1. The Bertz CT molecular complexity index is 4350. The van der Waals surface area contributed by atoms with Crippen molar-refractivity contribution in [3.05, 3.63) is 270 Å². The molecule has 2 aromatic heterocycles. The molecule has 11 aromatic rings. The van der Waals surface area contributed by atoms with Crippen LogP contribution in [-0.4, -0.2) is 9.55 Å². The van der Waals surface area contributed by atoms with Crippen molar-refractivity contribution < 1.29 is 43.6 Å². The van der Waals surface area contributed by atoms with Gasteiger partial charge in [0.1, 0.15) is 5.82 Å². The summed E-state index contributed by atoms with van der Waals surface area (Å²) < 4.78 is 122. The second-order valence-corrected chi connectivity index (χ2v) is 17.0. The maximum absolute atomic E-state index is 9.29. The standard InChI is InChI=1S/C63H41N4O.Pt/c1-40-34-35-64-58(36-40)67-55-29-13-12-22-48(55)49-31-30-45(38-57(49)67)68-44-21-14-20-43(37-44)65-39-66(62-46(41-16-4-2-5-17-41)27-15-28-47(62)42-18-6-3-7-19-42)56-33-32-54-59-50-23-8-10-25-52(50)60(61(54)63(56)65)53-26-11-9-24-51(53)59;/h2-36,39,59-60H,1H3;/q-3;/i1D3,2D,3D,4D,5D,6D,7D,16D,17D,18D,19D;. The van der Waals surface area contributed by atoms with Crippen molar-refractivity contribution in [1.82, 2.24) is 9.55 Å². The number of nitrogens with zero attached hydrogens (tertiary/aromatic N) is 4. The number of pyridine rings is 1. The van der Waals surface area contributed by atoms with Crippen LogP contribution in [0.5, 0.6) is 11.5 Å². The maximum atomic E-state index is 9.29. The van der Waals surface area contributed by atoms with Crippen LogP contribution in [0.25, 0.3) is 49.9 Å². The van der Waals surface area contributed by atoms with Crippen molar-refractivity contribution in [3.8, 4) is 39.6 Å². The molecule has 15 rings (SSSR count). The number of aromatic nitrogens is 2. The summed E-state index contributed by atoms with van der Waals surface area (Å²) in [6.45, 7) is -0.557. The third-order valence-corrected chi connectivity index (χ3v) is 13.4. The van der Waals surface area contributed by atoms with E-state index in [0.717, 1.165) is 44.2 Å². The Morgan fingerprint density at radius 2 is 1.23 bits per heavy atom. The number of para-hydroxylation sites is 2. The van der Waals surface area contributed by atoms with Crippen molar-refractivity contribution in [2.75, 3.05) is 9.80 Å². The summed E-state index contributed by atoms with van der Waals surface area (Å²) >= 11 is 0. The number of aryl methyl sites for hydroxylation is 1. The minimum absolute atomic E-state index is 0. The van der Waals surface area contributed by atoms with Gasteiger partial charge in [-0.3, -0.25) is 0 Å². The summed E-state index contributed by atoms with van der Waals surface area (Å²) in [5.41, 5.74) is 10.3. The van der Waals surface area contributed by atoms with Gasteiger partial charge in [-0.05, 0) is 86.6 Å². The number of hydrogen-bond donors (Lipinski definition) is 0. The fraction of sp³-hybridized carbons (Fsp3) is 0.0476. The average Bonchev–Trinajstić information content (AvgIpc) is 2.37. The van der Waals surface area contributed by atoms with Gasteiger partial charge in [0.25, 0.3) is 0 Å². The summed E-state index contributed by atoms with van der Waals surface area (Å²) in [7, 11) is 0. The SMILES string of the molecule is [2H]c1c([2H])c([2H])c(-c2cccc(-c3c([2H])c([2H])c([2H])c([2H])c3[2H])c2N2[CH-]N(c3[c-]c(Oc4[c-]c5c(cc4)c4ccccc4n5-c4cc(C([2H])([2H])[2H])ccn4)ccc3)c3c2ccc2c3C3c4ccccc4C2c2ccccc23)c([2H])c1[2H].[Pt]. The molecule has 5 nitrogen and oxygen atoms in total. The second kappa shape index (κ2) is 16.4. The minimum atomic E-state index is -2.37. The predicted octanol–water partition coefficient (Wildman–Crippen LogP) is 15.6. The Balaban J connectivity index is 0.00000631. The molecule has 4 aliphatic rings. The molecule has 0 spiro atoms. The number of fused-ring (bicyclic) bond motifs is 4. The molecule has 2 bridgehead atoms. The van der Waals surface area contributed by atoms with E-state index in [9.17, 15) is 5.48 Å². The Kier molecular flexibility index (Phi) is 7.05. The Morgan fingerprint density at radius 3 is 1.94 bits per heavy atom. The molecule has 0 atom stereocenters. The first kappa shape index (κ1) is 29.7. The van der Waals surface area contributed by atoms with Gasteiger partial charge in [-0.15, -0.1) is 48.1 Å². The Labute approximate surface area is 434 Å². The molecule has 1 aliphatic heterocycles. The molecule has 0 saturated heterocycles. The summed E-state index contributed by atoms with van der Waals surface area (Å²) in [4.78, 5) is 8.41. The van der Waals surface area contributed by atoms with Crippen LogP contribution in [0.1, 0.15) is 68.6 Å². The van der Waals surface area contributed by atoms with Crippen LogP contribution in [0.15, 0.2) is 212 Å². The van der Waals surface area contributed by atoms with Gasteiger partial charge in [0.05, 0.1) is 13.7 Å². The van der Waals surface area contributed by atoms with E-state index >= 15 is 0 Å². The van der Waals surface area contributed by atoms with Crippen molar-refractivity contribution in [3.63, 3.8) is 0 Å². The quantitative estimate of drug-likeness (QED) is 0.149. The van der Waals surface area contributed by atoms with Gasteiger partial charge < -0.3 is 19.1 Å². The first-order chi connectivity index (χ1) is 39.0. The van der Waals surface area contributed by atoms with E-state index in [1.54, 1.807) is 30.3 Å². The van der Waals surface area contributed by atoms with Gasteiger partial charge in [-0.2, -0.15) is 12.1 Å². The molecular formula is C63H41N4OPt-3. The van der Waals surface area contributed by atoms with Crippen molar-refractivity contribution in [2.45, 2.75) is 18.7 Å². The minimum Gasteiger partial charge on any atom is -0.509 e. The topological polar surface area (TPSA) is 33.5 Å². The molecule has 69 heavy (non-hydrogen) atoms. The zero-order valence-electron chi connectivity index (χ0n) is 49.2. The first-order valence-corrected chi connectivity index (χ1v) is 22.2. The van der Waals surface area contributed by atoms with E-state index in [-0.39, 0.29) is 66.4 Å². The zero-order valence-corrected chi connectivity index (χ0v) is 38.5. The first-order valence-electron chi connectivity index (χ1n) is 28.7. The number of benzene rings is 9. The predicted molar refractivity (Wildman–Crippen MR) is 275 cm³/mol. The van der Waals surface area contributed by atoms with Crippen LogP contribution in [0.4, 0.5) is 22.7 Å². The second-order valence-electron chi connectivity index (χ2n) is 17.0. The Hall–Kier alpha value is -7.98. The van der Waals surface area contributed by atoms with Crippen molar-refractivity contribution >= 4 is 44.6 Å². The van der Waals surface area contributed by atoms with Crippen LogP contribution in [-0.2, 0) is 21.1 Å². The molecule has 332 valence electrons. The van der Waals surface area contributed by atoms with Gasteiger partial charge in [0.2, 0.25) is 0 Å². The van der Waals surface area contributed by atoms with Gasteiger partial charge in [0.15, 0.2) is 0 Å². The Morgan fingerprint density at radius 1 is 0.580 bits per heavy atom. The average molecular weight is 1080 g/mol. The van der Waals surface area contributed by atoms with Gasteiger partial charge >= 0.3 is 0 Å². The molecule has 0 N–H and O–H groups in total. The molecule has 3 heterocycles. The molecule has 3 aliphatic carbocycles. The molecule has 0 saturated carbocycles. The third-order valence-electron chi connectivity index (χ3n) is 13.4. The fourth-order valence-corrected chi connectivity index (χ4v) is 10.7. The number of rotatable bonds is 7. The zero-order chi connectivity index (χ0) is 56.1. The van der Waals surface area contributed by atoms with Gasteiger partial charge in [-0.1, -0.05) is 157 Å². The molecule has 6 heteroatoms. The van der Waals surface area contributed by atoms with E-state index in [0.29, 0.717) is 34.2 Å². The summed E-state index contributed by atoms with van der Waals surface area (Å²) in [5, 5.41) is 1.75. The fourth-order valence-electron chi connectivity index (χ4n) is 10.7. The van der Waals surface area contributed by atoms with Crippen molar-refractivity contribution in [2.24, 2.45) is 0 Å². The smallest absolute Gasteiger partial charge is 0.135 e. The molecular weight excluding hydrogens is 1020 g/mol. The van der Waals surface area contributed by atoms with Crippen molar-refractivity contribution in [1.29, 1.82) is 0 Å². The summed E-state index contributed by atoms with van der Waals surface area (Å²) in [6.07, 6.45) is 1.48. The summed E-state index contributed by atoms with van der Waals surface area (Å²) in [6, 6.07) is 47.4. The molecule has 9 aromatic carbocycles. The third kappa shape index (κ3) is 6.45. The van der Waals surface area contributed by atoms with Crippen LogP contribution in [0.3, 0.4) is 0 Å². The normalized spacial score (nSPS) is 17.9. The number of hydrogen-bond acceptors (Lipinski definition) is 4. The monoisotopic (exact) mass is 1080 g/mol. The molecule has 0 radical (unpaired) electrons. The van der Waals surface area contributed by atoms with E-state index in [1.165, 1.54) is 23.4 Å². The van der Waals surface area contributed by atoms with E-state index in [4.69, 9.17) is 17.1 Å². The van der Waals surface area contributed by atoms with Gasteiger partial charge in [0, 0.05) is 88.4 Å². The largest absolute Gasteiger partial charge is 0.509 e. The van der Waals surface area contributed by atoms with Crippen LogP contribution < -0.4 is 14.5 Å². The maximum Gasteiger partial charge on any atom is 0.135 e.